The monoisotopic (exact) mass is 396 g/mol. The molecular weight excluding hydrogens is 372 g/mol. The Hall–Kier alpha value is -2.30. The quantitative estimate of drug-likeness (QED) is 0.537. The molecule has 2 aliphatic rings. The van der Waals surface area contributed by atoms with Crippen LogP contribution in [0.1, 0.15) is 46.3 Å². The van der Waals surface area contributed by atoms with E-state index in [9.17, 15) is 4.79 Å². The fourth-order valence-corrected chi connectivity index (χ4v) is 4.38. The number of methoxy groups -OCH3 is 1. The molecule has 0 radical (unpaired) electrons. The minimum absolute atomic E-state index is 0.0303. The van der Waals surface area contributed by atoms with Gasteiger partial charge in [0.2, 0.25) is 0 Å². The Labute approximate surface area is 170 Å². The smallest absolute Gasteiger partial charge is 0.251 e. The lowest BCUT2D eigenvalue weighted by molar-refractivity contribution is 0.0948. The van der Waals surface area contributed by atoms with Crippen molar-refractivity contribution >= 4 is 23.2 Å². The lowest BCUT2D eigenvalue weighted by Crippen LogP contribution is -2.30. The number of amides is 1. The fraction of sp³-hybridized carbons (Fsp3) is 0.348. The van der Waals surface area contributed by atoms with Gasteiger partial charge in [0.15, 0.2) is 0 Å². The molecule has 1 aliphatic heterocycles. The fourth-order valence-electron chi connectivity index (χ4n) is 4.26. The number of fused-ring (bicyclic) bond motifs is 3. The van der Waals surface area contributed by atoms with Gasteiger partial charge in [-0.25, -0.2) is 0 Å². The van der Waals surface area contributed by atoms with E-state index in [1.807, 2.05) is 30.3 Å². The molecule has 3 atom stereocenters. The van der Waals surface area contributed by atoms with Crippen LogP contribution in [0.2, 0.25) is 5.02 Å². The van der Waals surface area contributed by atoms with E-state index in [2.05, 4.69) is 34.9 Å². The zero-order valence-corrected chi connectivity index (χ0v) is 16.7. The highest BCUT2D eigenvalue weighted by molar-refractivity contribution is 6.30. The molecule has 4 rings (SSSR count). The van der Waals surface area contributed by atoms with Crippen molar-refractivity contribution in [3.05, 3.63) is 76.3 Å². The summed E-state index contributed by atoms with van der Waals surface area (Å²) in [6.07, 6.45) is 6.38. The number of carbonyl (C=O) groups is 1. The molecule has 0 saturated heterocycles. The Morgan fingerprint density at radius 1 is 1.25 bits per heavy atom. The van der Waals surface area contributed by atoms with E-state index in [0.717, 1.165) is 23.6 Å². The molecule has 1 amide bonds. The third kappa shape index (κ3) is 3.80. The van der Waals surface area contributed by atoms with Gasteiger partial charge in [-0.15, -0.1) is 0 Å². The minimum atomic E-state index is -0.0303. The van der Waals surface area contributed by atoms with Gasteiger partial charge in [-0.1, -0.05) is 35.9 Å². The van der Waals surface area contributed by atoms with Crippen molar-refractivity contribution in [2.75, 3.05) is 25.6 Å². The zero-order chi connectivity index (χ0) is 19.5. The average molecular weight is 397 g/mol. The third-order valence-electron chi connectivity index (χ3n) is 5.66. The van der Waals surface area contributed by atoms with Crippen molar-refractivity contribution in [2.45, 2.75) is 24.8 Å². The molecule has 0 fully saturated rings. The molecule has 1 heterocycles. The van der Waals surface area contributed by atoms with Crippen LogP contribution in [0.5, 0.6) is 0 Å². The van der Waals surface area contributed by atoms with Crippen LogP contribution in [0.4, 0.5) is 5.69 Å². The normalized spacial score (nSPS) is 22.3. The summed E-state index contributed by atoms with van der Waals surface area (Å²) in [5.41, 5.74) is 4.26. The van der Waals surface area contributed by atoms with E-state index in [4.69, 9.17) is 16.3 Å². The molecule has 2 aromatic carbocycles. The molecule has 0 aromatic heterocycles. The second-order valence-electron chi connectivity index (χ2n) is 7.43. The molecule has 28 heavy (non-hydrogen) atoms. The van der Waals surface area contributed by atoms with E-state index < -0.39 is 0 Å². The first-order valence-corrected chi connectivity index (χ1v) is 10.1. The number of allylic oxidation sites excluding steroid dienone is 2. The van der Waals surface area contributed by atoms with Crippen LogP contribution in [-0.2, 0) is 4.74 Å². The van der Waals surface area contributed by atoms with Gasteiger partial charge in [-0.3, -0.25) is 4.79 Å². The van der Waals surface area contributed by atoms with Crippen LogP contribution in [0.3, 0.4) is 0 Å². The molecule has 2 N–H and O–H groups in total. The SMILES string of the molecule is COCCCNC(=O)c1ccc2c(c1)C1C=CCC1C(c1ccc(Cl)cc1)N2. The second-order valence-corrected chi connectivity index (χ2v) is 7.87. The topological polar surface area (TPSA) is 50.4 Å². The summed E-state index contributed by atoms with van der Waals surface area (Å²) in [6, 6.07) is 14.3. The zero-order valence-electron chi connectivity index (χ0n) is 16.0. The van der Waals surface area contributed by atoms with E-state index in [0.29, 0.717) is 30.6 Å². The van der Waals surface area contributed by atoms with E-state index in [1.54, 1.807) is 7.11 Å². The van der Waals surface area contributed by atoms with Gasteiger partial charge in [-0.05, 0) is 60.2 Å². The number of halogens is 1. The summed E-state index contributed by atoms with van der Waals surface area (Å²) in [5, 5.41) is 7.42. The maximum atomic E-state index is 12.5. The first kappa shape index (κ1) is 19.0. The van der Waals surface area contributed by atoms with E-state index in [-0.39, 0.29) is 11.9 Å². The number of rotatable bonds is 6. The number of hydrogen-bond donors (Lipinski definition) is 2. The first-order chi connectivity index (χ1) is 13.7. The highest BCUT2D eigenvalue weighted by atomic mass is 35.5. The van der Waals surface area contributed by atoms with Gasteiger partial charge in [0.1, 0.15) is 0 Å². The lowest BCUT2D eigenvalue weighted by Gasteiger charge is -2.37. The molecule has 0 bridgehead atoms. The van der Waals surface area contributed by atoms with Crippen molar-refractivity contribution in [2.24, 2.45) is 5.92 Å². The Bertz CT molecular complexity index is 879. The lowest BCUT2D eigenvalue weighted by atomic mass is 9.76. The first-order valence-electron chi connectivity index (χ1n) is 9.77. The van der Waals surface area contributed by atoms with Gasteiger partial charge in [0, 0.05) is 42.5 Å². The van der Waals surface area contributed by atoms with Crippen LogP contribution in [-0.4, -0.2) is 26.2 Å². The molecular formula is C23H25ClN2O2. The molecule has 3 unspecified atom stereocenters. The number of benzene rings is 2. The van der Waals surface area contributed by atoms with Gasteiger partial charge >= 0.3 is 0 Å². The maximum absolute atomic E-state index is 12.5. The standard InChI is InChI=1S/C23H25ClN2O2/c1-28-13-3-12-25-23(27)16-8-11-21-20(14-16)18-4-2-5-19(18)22(26-21)15-6-9-17(24)10-7-15/h2,4,6-11,14,18-19,22,26H,3,5,12-13H2,1H3,(H,25,27). The summed E-state index contributed by atoms with van der Waals surface area (Å²) in [4.78, 5) is 12.5. The molecule has 0 saturated carbocycles. The second kappa shape index (κ2) is 8.38. The third-order valence-corrected chi connectivity index (χ3v) is 5.92. The summed E-state index contributed by atoms with van der Waals surface area (Å²) in [6.45, 7) is 1.27. The summed E-state index contributed by atoms with van der Waals surface area (Å²) in [5.74, 6) is 0.726. The predicted octanol–water partition coefficient (Wildman–Crippen LogP) is 4.93. The maximum Gasteiger partial charge on any atom is 0.251 e. The van der Waals surface area contributed by atoms with Crippen LogP contribution in [0.15, 0.2) is 54.6 Å². The highest BCUT2D eigenvalue weighted by Crippen LogP contribution is 2.49. The largest absolute Gasteiger partial charge is 0.385 e. The number of carbonyl (C=O) groups excluding carboxylic acids is 1. The van der Waals surface area contributed by atoms with E-state index >= 15 is 0 Å². The van der Waals surface area contributed by atoms with Crippen LogP contribution >= 0.6 is 11.6 Å². The van der Waals surface area contributed by atoms with Crippen LogP contribution < -0.4 is 10.6 Å². The summed E-state index contributed by atoms with van der Waals surface area (Å²) in [7, 11) is 1.67. The summed E-state index contributed by atoms with van der Waals surface area (Å²) < 4.78 is 5.03. The molecule has 2 aromatic rings. The molecule has 1 aliphatic carbocycles. The van der Waals surface area contributed by atoms with Gasteiger partial charge in [0.25, 0.3) is 5.91 Å². The number of hydrogen-bond acceptors (Lipinski definition) is 3. The van der Waals surface area contributed by atoms with Gasteiger partial charge in [0.05, 0.1) is 6.04 Å². The Balaban J connectivity index is 1.56. The molecule has 146 valence electrons. The van der Waals surface area contributed by atoms with Gasteiger partial charge < -0.3 is 15.4 Å². The molecule has 0 spiro atoms. The van der Waals surface area contributed by atoms with Crippen molar-refractivity contribution in [1.29, 1.82) is 0 Å². The van der Waals surface area contributed by atoms with Crippen LogP contribution in [0, 0.1) is 5.92 Å². The Morgan fingerprint density at radius 2 is 2.07 bits per heavy atom. The molecule has 4 nitrogen and oxygen atoms in total. The van der Waals surface area contributed by atoms with Gasteiger partial charge in [-0.2, -0.15) is 0 Å². The van der Waals surface area contributed by atoms with E-state index in [1.165, 1.54) is 11.1 Å². The van der Waals surface area contributed by atoms with Crippen LogP contribution in [0.25, 0.3) is 0 Å². The van der Waals surface area contributed by atoms with Crippen molar-refractivity contribution in [3.8, 4) is 0 Å². The van der Waals surface area contributed by atoms with Crippen molar-refractivity contribution < 1.29 is 9.53 Å². The molecule has 5 heteroatoms. The highest BCUT2D eigenvalue weighted by Gasteiger charge is 2.38. The summed E-state index contributed by atoms with van der Waals surface area (Å²) >= 11 is 6.07. The minimum Gasteiger partial charge on any atom is -0.385 e. The number of anilines is 1. The predicted molar refractivity (Wildman–Crippen MR) is 113 cm³/mol. The number of ether oxygens (including phenoxy) is 1. The van der Waals surface area contributed by atoms with Crippen molar-refractivity contribution in [3.63, 3.8) is 0 Å². The Kier molecular flexibility index (Phi) is 5.69. The Morgan fingerprint density at radius 3 is 2.86 bits per heavy atom. The van der Waals surface area contributed by atoms with Crippen molar-refractivity contribution in [1.82, 2.24) is 5.32 Å². The average Bonchev–Trinajstić information content (AvgIpc) is 3.21. The number of nitrogens with one attached hydrogen (secondary N) is 2.